The highest BCUT2D eigenvalue weighted by Gasteiger charge is 1.97. The molecule has 0 fully saturated rings. The van der Waals surface area contributed by atoms with E-state index < -0.39 is 0 Å². The Labute approximate surface area is 63.1 Å². The van der Waals surface area contributed by atoms with Crippen LogP contribution in [0.15, 0.2) is 29.2 Å². The molecule has 52 valence electrons. The molecule has 0 spiro atoms. The molecule has 0 aliphatic carbocycles. The molecule has 0 heterocycles. The van der Waals surface area contributed by atoms with Gasteiger partial charge in [-0.25, -0.2) is 0 Å². The molecule has 1 aromatic rings. The van der Waals surface area contributed by atoms with Crippen LogP contribution in [0.4, 0.5) is 0 Å². The Morgan fingerprint density at radius 1 is 1.40 bits per heavy atom. The van der Waals surface area contributed by atoms with E-state index in [9.17, 15) is 4.79 Å². The molecule has 0 atom stereocenters. The molecular weight excluding hydrogens is 148 g/mol. The van der Waals surface area contributed by atoms with E-state index in [1.807, 2.05) is 0 Å². The summed E-state index contributed by atoms with van der Waals surface area (Å²) >= 11 is 0.589. The van der Waals surface area contributed by atoms with Crippen molar-refractivity contribution < 1.29 is 9.35 Å². The van der Waals surface area contributed by atoms with Crippen LogP contribution >= 0.6 is 12.0 Å². The lowest BCUT2D eigenvalue weighted by atomic mass is 10.2. The molecule has 0 bridgehead atoms. The van der Waals surface area contributed by atoms with E-state index in [1.165, 1.54) is 0 Å². The van der Waals surface area contributed by atoms with Gasteiger partial charge in [-0.2, -0.15) is 0 Å². The average molecular weight is 154 g/mol. The van der Waals surface area contributed by atoms with Crippen LogP contribution in [-0.2, 0) is 0 Å². The second-order valence-corrected chi connectivity index (χ2v) is 2.37. The smallest absolute Gasteiger partial charge is 0.151 e. The number of hydrogen-bond donors (Lipinski definition) is 1. The Morgan fingerprint density at radius 3 is 2.60 bits per heavy atom. The summed E-state index contributed by atoms with van der Waals surface area (Å²) in [5.41, 5.74) is 0.523. The van der Waals surface area contributed by atoms with E-state index in [-0.39, 0.29) is 0 Å². The number of carbonyl (C=O) groups is 1. The molecule has 0 aliphatic rings. The quantitative estimate of drug-likeness (QED) is 0.523. The number of aldehydes is 1. The predicted octanol–water partition coefficient (Wildman–Crippen LogP) is 2.06. The van der Waals surface area contributed by atoms with Crippen LogP contribution in [0.25, 0.3) is 0 Å². The van der Waals surface area contributed by atoms with Crippen molar-refractivity contribution in [2.24, 2.45) is 0 Å². The largest absolute Gasteiger partial charge is 0.325 e. The van der Waals surface area contributed by atoms with Crippen LogP contribution < -0.4 is 0 Å². The highest BCUT2D eigenvalue weighted by Crippen LogP contribution is 2.16. The van der Waals surface area contributed by atoms with Crippen LogP contribution in [0.5, 0.6) is 0 Å². The van der Waals surface area contributed by atoms with E-state index in [4.69, 9.17) is 4.55 Å². The van der Waals surface area contributed by atoms with Gasteiger partial charge in [0.05, 0.1) is 0 Å². The van der Waals surface area contributed by atoms with Crippen molar-refractivity contribution in [2.45, 2.75) is 4.90 Å². The fraction of sp³-hybridized carbons (Fsp3) is 0. The van der Waals surface area contributed by atoms with E-state index in [2.05, 4.69) is 0 Å². The molecule has 0 unspecified atom stereocenters. The third-order valence-electron chi connectivity index (χ3n) is 1.14. The summed E-state index contributed by atoms with van der Waals surface area (Å²) in [5.74, 6) is 0. The van der Waals surface area contributed by atoms with E-state index >= 15 is 0 Å². The SMILES string of the molecule is O=Cc1ccccc1SO. The Morgan fingerprint density at radius 2 is 2.10 bits per heavy atom. The Kier molecular flexibility index (Phi) is 2.48. The van der Waals surface area contributed by atoms with Gasteiger partial charge in [0.2, 0.25) is 0 Å². The van der Waals surface area contributed by atoms with Gasteiger partial charge in [-0.15, -0.1) is 0 Å². The lowest BCUT2D eigenvalue weighted by Gasteiger charge is -1.95. The first-order valence-corrected chi connectivity index (χ1v) is 3.51. The summed E-state index contributed by atoms with van der Waals surface area (Å²) in [6.07, 6.45) is 0.721. The summed E-state index contributed by atoms with van der Waals surface area (Å²) < 4.78 is 8.61. The molecule has 0 saturated carbocycles. The number of benzene rings is 1. The zero-order chi connectivity index (χ0) is 7.40. The van der Waals surface area contributed by atoms with Crippen LogP contribution in [-0.4, -0.2) is 10.8 Å². The second-order valence-electron chi connectivity index (χ2n) is 1.75. The fourth-order valence-corrected chi connectivity index (χ4v) is 1.02. The van der Waals surface area contributed by atoms with E-state index in [0.717, 1.165) is 6.29 Å². The van der Waals surface area contributed by atoms with Crippen molar-refractivity contribution in [3.05, 3.63) is 29.8 Å². The normalized spacial score (nSPS) is 9.30. The zero-order valence-corrected chi connectivity index (χ0v) is 5.97. The highest BCUT2D eigenvalue weighted by molar-refractivity contribution is 7.93. The third kappa shape index (κ3) is 1.37. The molecule has 0 aromatic heterocycles. The van der Waals surface area contributed by atoms with Gasteiger partial charge in [-0.05, 0) is 6.07 Å². The summed E-state index contributed by atoms with van der Waals surface area (Å²) in [7, 11) is 0. The minimum absolute atomic E-state index is 0.523. The summed E-state index contributed by atoms with van der Waals surface area (Å²) in [6, 6.07) is 6.87. The van der Waals surface area contributed by atoms with Gasteiger partial charge in [0.15, 0.2) is 6.29 Å². The molecular formula is C7H6O2S. The lowest BCUT2D eigenvalue weighted by Crippen LogP contribution is -1.81. The van der Waals surface area contributed by atoms with E-state index in [1.54, 1.807) is 24.3 Å². The average Bonchev–Trinajstić information content (AvgIpc) is 2.04. The standard InChI is InChI=1S/C7H6O2S/c8-5-6-3-1-2-4-7(6)10-9/h1-5,9H. The van der Waals surface area contributed by atoms with Crippen LogP contribution in [0, 0.1) is 0 Å². The van der Waals surface area contributed by atoms with Gasteiger partial charge in [0, 0.05) is 22.5 Å². The topological polar surface area (TPSA) is 37.3 Å². The minimum Gasteiger partial charge on any atom is -0.325 e. The molecule has 2 nitrogen and oxygen atoms in total. The summed E-state index contributed by atoms with van der Waals surface area (Å²) in [5, 5.41) is 0. The Balaban J connectivity index is 3.08. The molecule has 0 amide bonds. The predicted molar refractivity (Wildman–Crippen MR) is 40.3 cm³/mol. The van der Waals surface area contributed by atoms with Crippen molar-refractivity contribution in [3.8, 4) is 0 Å². The maximum absolute atomic E-state index is 10.3. The fourth-order valence-electron chi connectivity index (χ4n) is 0.661. The van der Waals surface area contributed by atoms with Crippen LogP contribution in [0.1, 0.15) is 10.4 Å². The van der Waals surface area contributed by atoms with Crippen molar-refractivity contribution in [2.75, 3.05) is 0 Å². The van der Waals surface area contributed by atoms with Crippen molar-refractivity contribution in [1.82, 2.24) is 0 Å². The molecule has 10 heavy (non-hydrogen) atoms. The number of hydrogen-bond acceptors (Lipinski definition) is 3. The maximum atomic E-state index is 10.3. The molecule has 0 aliphatic heterocycles. The molecule has 0 radical (unpaired) electrons. The first-order valence-electron chi connectivity index (χ1n) is 2.74. The van der Waals surface area contributed by atoms with E-state index in [0.29, 0.717) is 22.5 Å². The van der Waals surface area contributed by atoms with Gasteiger partial charge < -0.3 is 4.55 Å². The zero-order valence-electron chi connectivity index (χ0n) is 5.15. The molecule has 1 aromatic carbocycles. The van der Waals surface area contributed by atoms with Gasteiger partial charge >= 0.3 is 0 Å². The Hall–Kier alpha value is -0.800. The van der Waals surface area contributed by atoms with Crippen LogP contribution in [0.3, 0.4) is 0 Å². The van der Waals surface area contributed by atoms with Gasteiger partial charge in [0.1, 0.15) is 0 Å². The molecule has 1 N–H and O–H groups in total. The number of carbonyl (C=O) groups excluding carboxylic acids is 1. The van der Waals surface area contributed by atoms with Gasteiger partial charge in [0.25, 0.3) is 0 Å². The van der Waals surface area contributed by atoms with Crippen molar-refractivity contribution in [1.29, 1.82) is 0 Å². The van der Waals surface area contributed by atoms with Crippen LogP contribution in [0.2, 0.25) is 0 Å². The summed E-state index contributed by atoms with van der Waals surface area (Å²) in [4.78, 5) is 10.9. The first-order chi connectivity index (χ1) is 4.88. The highest BCUT2D eigenvalue weighted by atomic mass is 32.2. The Bertz CT molecular complexity index is 235. The first kappa shape index (κ1) is 7.31. The molecule has 0 saturated heterocycles. The summed E-state index contributed by atoms with van der Waals surface area (Å²) in [6.45, 7) is 0. The van der Waals surface area contributed by atoms with Gasteiger partial charge in [-0.1, -0.05) is 18.2 Å². The lowest BCUT2D eigenvalue weighted by molar-refractivity contribution is 0.112. The van der Waals surface area contributed by atoms with Crippen molar-refractivity contribution in [3.63, 3.8) is 0 Å². The van der Waals surface area contributed by atoms with Crippen molar-refractivity contribution >= 4 is 18.3 Å². The number of rotatable bonds is 2. The molecule has 3 heteroatoms. The minimum atomic E-state index is 0.523. The monoisotopic (exact) mass is 154 g/mol. The maximum Gasteiger partial charge on any atom is 0.151 e. The van der Waals surface area contributed by atoms with Gasteiger partial charge in [-0.3, -0.25) is 4.79 Å². The second kappa shape index (κ2) is 3.39. The molecule has 1 rings (SSSR count). The third-order valence-corrected chi connectivity index (χ3v) is 1.71.